The van der Waals surface area contributed by atoms with Crippen molar-refractivity contribution >= 4 is 15.9 Å². The van der Waals surface area contributed by atoms with Crippen molar-refractivity contribution in [1.82, 2.24) is 14.9 Å². The normalized spacial score (nSPS) is 14.6. The minimum absolute atomic E-state index is 0.809. The van der Waals surface area contributed by atoms with E-state index < -0.39 is 0 Å². The van der Waals surface area contributed by atoms with Crippen LogP contribution in [0, 0.1) is 6.92 Å². The molecule has 24 heavy (non-hydrogen) atoms. The van der Waals surface area contributed by atoms with E-state index in [1.54, 1.807) is 0 Å². The summed E-state index contributed by atoms with van der Waals surface area (Å²) in [7, 11) is 0. The zero-order chi connectivity index (χ0) is 16.5. The molecule has 0 amide bonds. The standard InChI is InChI=1S/C19H18BrN3O/c1-13-21-10-15-11-23(9-8-18(15)22-13)12-17-6-7-19(24-17)14-2-4-16(20)5-3-14/h2-7,10H,8-9,11-12H2,1H3. The summed E-state index contributed by atoms with van der Waals surface area (Å²) in [6.45, 7) is 4.63. The summed E-state index contributed by atoms with van der Waals surface area (Å²) >= 11 is 3.46. The molecule has 1 aliphatic rings. The van der Waals surface area contributed by atoms with Crippen molar-refractivity contribution < 1.29 is 4.42 Å². The first kappa shape index (κ1) is 15.5. The molecule has 4 nitrogen and oxygen atoms in total. The van der Waals surface area contributed by atoms with Crippen LogP contribution in [0.25, 0.3) is 11.3 Å². The van der Waals surface area contributed by atoms with Crippen LogP contribution in [0.2, 0.25) is 0 Å². The van der Waals surface area contributed by atoms with E-state index in [2.05, 4.69) is 49.0 Å². The highest BCUT2D eigenvalue weighted by molar-refractivity contribution is 9.10. The minimum atomic E-state index is 0.809. The minimum Gasteiger partial charge on any atom is -0.460 e. The molecule has 5 heteroatoms. The number of aryl methyl sites for hydroxylation is 1. The molecule has 0 spiro atoms. The number of aromatic nitrogens is 2. The van der Waals surface area contributed by atoms with Crippen LogP contribution < -0.4 is 0 Å². The molecule has 0 atom stereocenters. The maximum atomic E-state index is 6.03. The predicted octanol–water partition coefficient (Wildman–Crippen LogP) is 4.37. The number of halogens is 1. The zero-order valence-corrected chi connectivity index (χ0v) is 15.1. The number of furan rings is 1. The van der Waals surface area contributed by atoms with E-state index in [9.17, 15) is 0 Å². The van der Waals surface area contributed by atoms with Gasteiger partial charge in [0.1, 0.15) is 17.3 Å². The fourth-order valence-corrected chi connectivity index (χ4v) is 3.33. The average molecular weight is 384 g/mol. The van der Waals surface area contributed by atoms with Crippen molar-refractivity contribution in [2.24, 2.45) is 0 Å². The Hall–Kier alpha value is -1.98. The highest BCUT2D eigenvalue weighted by Gasteiger charge is 2.19. The lowest BCUT2D eigenvalue weighted by Crippen LogP contribution is -2.30. The monoisotopic (exact) mass is 383 g/mol. The van der Waals surface area contributed by atoms with E-state index in [1.807, 2.05) is 31.3 Å². The number of hydrogen-bond acceptors (Lipinski definition) is 4. The molecule has 1 aliphatic heterocycles. The summed E-state index contributed by atoms with van der Waals surface area (Å²) in [5.41, 5.74) is 3.51. The molecule has 0 bridgehead atoms. The highest BCUT2D eigenvalue weighted by atomic mass is 79.9. The van der Waals surface area contributed by atoms with Crippen molar-refractivity contribution in [2.75, 3.05) is 6.54 Å². The molecule has 0 N–H and O–H groups in total. The van der Waals surface area contributed by atoms with Crippen molar-refractivity contribution in [3.05, 3.63) is 69.9 Å². The van der Waals surface area contributed by atoms with Crippen LogP contribution >= 0.6 is 15.9 Å². The van der Waals surface area contributed by atoms with Crippen LogP contribution in [0.15, 0.2) is 51.5 Å². The molecule has 3 aromatic rings. The third kappa shape index (κ3) is 3.28. The lowest BCUT2D eigenvalue weighted by molar-refractivity contribution is 0.224. The maximum absolute atomic E-state index is 6.03. The van der Waals surface area contributed by atoms with E-state index in [1.165, 1.54) is 11.3 Å². The molecule has 0 unspecified atom stereocenters. The van der Waals surface area contributed by atoms with Gasteiger partial charge in [0, 0.05) is 47.0 Å². The molecular formula is C19H18BrN3O. The molecule has 0 aliphatic carbocycles. The molecule has 0 saturated heterocycles. The van der Waals surface area contributed by atoms with Crippen molar-refractivity contribution in [3.8, 4) is 11.3 Å². The Labute approximate surface area is 149 Å². The Morgan fingerprint density at radius 1 is 1.17 bits per heavy atom. The Bertz CT molecular complexity index is 857. The third-order valence-corrected chi connectivity index (χ3v) is 4.83. The van der Waals surface area contributed by atoms with Gasteiger partial charge in [0.2, 0.25) is 0 Å². The van der Waals surface area contributed by atoms with Crippen LogP contribution in [-0.4, -0.2) is 21.4 Å². The van der Waals surface area contributed by atoms with Gasteiger partial charge in [0.25, 0.3) is 0 Å². The smallest absolute Gasteiger partial charge is 0.134 e. The summed E-state index contributed by atoms with van der Waals surface area (Å²) in [5, 5.41) is 0. The molecule has 4 rings (SSSR count). The number of rotatable bonds is 3. The van der Waals surface area contributed by atoms with Crippen LogP contribution in [0.5, 0.6) is 0 Å². The number of benzene rings is 1. The van der Waals surface area contributed by atoms with Crippen LogP contribution in [-0.2, 0) is 19.5 Å². The fraction of sp³-hybridized carbons (Fsp3) is 0.263. The first-order chi connectivity index (χ1) is 11.7. The summed E-state index contributed by atoms with van der Waals surface area (Å²) in [6.07, 6.45) is 2.93. The lowest BCUT2D eigenvalue weighted by atomic mass is 10.1. The van der Waals surface area contributed by atoms with Gasteiger partial charge < -0.3 is 4.42 Å². The predicted molar refractivity (Wildman–Crippen MR) is 96.4 cm³/mol. The van der Waals surface area contributed by atoms with Gasteiger partial charge in [-0.15, -0.1) is 0 Å². The summed E-state index contributed by atoms with van der Waals surface area (Å²) in [6, 6.07) is 12.3. The van der Waals surface area contributed by atoms with E-state index in [-0.39, 0.29) is 0 Å². The van der Waals surface area contributed by atoms with Crippen molar-refractivity contribution in [3.63, 3.8) is 0 Å². The van der Waals surface area contributed by atoms with E-state index in [0.717, 1.165) is 53.4 Å². The van der Waals surface area contributed by atoms with Crippen LogP contribution in [0.1, 0.15) is 22.8 Å². The van der Waals surface area contributed by atoms with Gasteiger partial charge in [0.05, 0.1) is 6.54 Å². The van der Waals surface area contributed by atoms with Crippen LogP contribution in [0.4, 0.5) is 0 Å². The number of fused-ring (bicyclic) bond motifs is 1. The number of nitrogens with zero attached hydrogens (tertiary/aromatic N) is 3. The molecule has 1 aromatic carbocycles. The average Bonchev–Trinajstić information content (AvgIpc) is 3.04. The second-order valence-corrected chi connectivity index (χ2v) is 7.04. The first-order valence-electron chi connectivity index (χ1n) is 8.06. The first-order valence-corrected chi connectivity index (χ1v) is 8.85. The Morgan fingerprint density at radius 3 is 2.83 bits per heavy atom. The van der Waals surface area contributed by atoms with Gasteiger partial charge in [0.15, 0.2) is 0 Å². The van der Waals surface area contributed by atoms with Gasteiger partial charge in [-0.3, -0.25) is 4.90 Å². The Kier molecular flexibility index (Phi) is 4.21. The third-order valence-electron chi connectivity index (χ3n) is 4.30. The summed E-state index contributed by atoms with van der Waals surface area (Å²) in [4.78, 5) is 11.2. The largest absolute Gasteiger partial charge is 0.460 e. The molecule has 0 radical (unpaired) electrons. The topological polar surface area (TPSA) is 42.2 Å². The van der Waals surface area contributed by atoms with Gasteiger partial charge in [-0.25, -0.2) is 9.97 Å². The second kappa shape index (κ2) is 6.49. The Balaban J connectivity index is 1.47. The quantitative estimate of drug-likeness (QED) is 0.673. The fourth-order valence-electron chi connectivity index (χ4n) is 3.06. The summed E-state index contributed by atoms with van der Waals surface area (Å²) < 4.78 is 7.10. The SMILES string of the molecule is Cc1ncc2c(n1)CCN(Cc1ccc(-c3ccc(Br)cc3)o1)C2. The Morgan fingerprint density at radius 2 is 2.00 bits per heavy atom. The molecular weight excluding hydrogens is 366 g/mol. The molecule has 3 heterocycles. The van der Waals surface area contributed by atoms with Gasteiger partial charge in [-0.1, -0.05) is 28.1 Å². The van der Waals surface area contributed by atoms with Gasteiger partial charge in [-0.2, -0.15) is 0 Å². The molecule has 0 fully saturated rings. The van der Waals surface area contributed by atoms with Crippen LogP contribution in [0.3, 0.4) is 0 Å². The van der Waals surface area contributed by atoms with Gasteiger partial charge >= 0.3 is 0 Å². The van der Waals surface area contributed by atoms with Crippen molar-refractivity contribution in [2.45, 2.75) is 26.4 Å². The molecule has 122 valence electrons. The summed E-state index contributed by atoms with van der Waals surface area (Å²) in [5.74, 6) is 2.76. The zero-order valence-electron chi connectivity index (χ0n) is 13.5. The highest BCUT2D eigenvalue weighted by Crippen LogP contribution is 2.25. The lowest BCUT2D eigenvalue weighted by Gasteiger charge is -2.27. The second-order valence-electron chi connectivity index (χ2n) is 6.12. The molecule has 2 aromatic heterocycles. The number of hydrogen-bond donors (Lipinski definition) is 0. The van der Waals surface area contributed by atoms with E-state index >= 15 is 0 Å². The molecule has 0 saturated carbocycles. The van der Waals surface area contributed by atoms with E-state index in [0.29, 0.717) is 0 Å². The van der Waals surface area contributed by atoms with E-state index in [4.69, 9.17) is 4.42 Å². The van der Waals surface area contributed by atoms with Gasteiger partial charge in [-0.05, 0) is 31.2 Å². The van der Waals surface area contributed by atoms with Crippen molar-refractivity contribution in [1.29, 1.82) is 0 Å². The maximum Gasteiger partial charge on any atom is 0.134 e.